The Morgan fingerprint density at radius 3 is 2.55 bits per heavy atom. The van der Waals surface area contributed by atoms with Gasteiger partial charge in [-0.15, -0.1) is 0 Å². The van der Waals surface area contributed by atoms with E-state index in [-0.39, 0.29) is 12.3 Å². The molecule has 0 saturated carbocycles. The SMILES string of the molecule is CNCCCS(=O)(=O)N(Cc1cccc(Cl)c1Cl)c1ccc(-c2cnco2)cc1. The highest BCUT2D eigenvalue weighted by Gasteiger charge is 2.24. The maximum Gasteiger partial charge on any atom is 0.235 e. The van der Waals surface area contributed by atoms with Crippen molar-refractivity contribution in [2.24, 2.45) is 0 Å². The second kappa shape index (κ2) is 9.63. The molecule has 0 saturated heterocycles. The second-order valence-electron chi connectivity index (χ2n) is 6.41. The minimum absolute atomic E-state index is 0.00980. The number of halogens is 2. The third-order valence-electron chi connectivity index (χ3n) is 4.38. The zero-order valence-electron chi connectivity index (χ0n) is 15.8. The molecule has 29 heavy (non-hydrogen) atoms. The molecule has 0 atom stereocenters. The Hall–Kier alpha value is -2.06. The first-order valence-electron chi connectivity index (χ1n) is 8.99. The van der Waals surface area contributed by atoms with Crippen LogP contribution in [0.1, 0.15) is 12.0 Å². The van der Waals surface area contributed by atoms with E-state index < -0.39 is 10.0 Å². The molecule has 0 fully saturated rings. The Morgan fingerprint density at radius 1 is 1.14 bits per heavy atom. The Kier molecular flexibility index (Phi) is 7.18. The molecule has 0 aliphatic heterocycles. The molecule has 0 aliphatic rings. The Morgan fingerprint density at radius 2 is 1.90 bits per heavy atom. The molecule has 6 nitrogen and oxygen atoms in total. The molecule has 0 unspecified atom stereocenters. The van der Waals surface area contributed by atoms with E-state index in [1.165, 1.54) is 10.7 Å². The summed E-state index contributed by atoms with van der Waals surface area (Å²) in [5, 5.41) is 3.71. The number of sulfonamides is 1. The lowest BCUT2D eigenvalue weighted by Gasteiger charge is -2.25. The minimum atomic E-state index is -3.59. The zero-order chi connectivity index (χ0) is 20.9. The summed E-state index contributed by atoms with van der Waals surface area (Å²) in [5.74, 6) is 0.619. The normalized spacial score (nSPS) is 11.6. The van der Waals surface area contributed by atoms with Gasteiger partial charge in [-0.3, -0.25) is 4.31 Å². The number of oxazole rings is 1. The lowest BCUT2D eigenvalue weighted by atomic mass is 10.1. The van der Waals surface area contributed by atoms with Gasteiger partial charge in [-0.25, -0.2) is 13.4 Å². The summed E-state index contributed by atoms with van der Waals surface area (Å²) in [7, 11) is -1.80. The van der Waals surface area contributed by atoms with Gasteiger partial charge in [0.25, 0.3) is 0 Å². The zero-order valence-corrected chi connectivity index (χ0v) is 18.1. The van der Waals surface area contributed by atoms with E-state index in [0.717, 1.165) is 5.56 Å². The van der Waals surface area contributed by atoms with Crippen LogP contribution in [0.4, 0.5) is 5.69 Å². The minimum Gasteiger partial charge on any atom is -0.444 e. The number of anilines is 1. The summed E-state index contributed by atoms with van der Waals surface area (Å²) in [6, 6.07) is 12.3. The number of aromatic nitrogens is 1. The number of benzene rings is 2. The van der Waals surface area contributed by atoms with Crippen molar-refractivity contribution in [1.29, 1.82) is 0 Å². The van der Waals surface area contributed by atoms with Gasteiger partial charge in [0.05, 0.1) is 34.2 Å². The van der Waals surface area contributed by atoms with Gasteiger partial charge >= 0.3 is 0 Å². The van der Waals surface area contributed by atoms with E-state index in [9.17, 15) is 8.42 Å². The van der Waals surface area contributed by atoms with Crippen molar-refractivity contribution in [3.8, 4) is 11.3 Å². The molecule has 1 aromatic heterocycles. The van der Waals surface area contributed by atoms with Crippen LogP contribution < -0.4 is 9.62 Å². The Bertz CT molecular complexity index is 1040. The van der Waals surface area contributed by atoms with E-state index in [4.69, 9.17) is 27.6 Å². The predicted molar refractivity (Wildman–Crippen MR) is 117 cm³/mol. The molecule has 3 aromatic rings. The average Bonchev–Trinajstić information content (AvgIpc) is 3.24. The Balaban J connectivity index is 1.94. The van der Waals surface area contributed by atoms with Crippen LogP contribution in [0.25, 0.3) is 11.3 Å². The van der Waals surface area contributed by atoms with E-state index in [1.807, 2.05) is 0 Å². The van der Waals surface area contributed by atoms with Crippen LogP contribution in [-0.2, 0) is 16.6 Å². The molecule has 1 heterocycles. The summed E-state index contributed by atoms with van der Waals surface area (Å²) < 4.78 is 32.9. The molecule has 3 rings (SSSR count). The number of rotatable bonds is 9. The fraction of sp³-hybridized carbons (Fsp3) is 0.250. The van der Waals surface area contributed by atoms with Crippen molar-refractivity contribution < 1.29 is 12.8 Å². The van der Waals surface area contributed by atoms with Crippen molar-refractivity contribution in [3.63, 3.8) is 0 Å². The van der Waals surface area contributed by atoms with Crippen LogP contribution in [0, 0.1) is 0 Å². The van der Waals surface area contributed by atoms with E-state index in [0.29, 0.717) is 40.0 Å². The van der Waals surface area contributed by atoms with Crippen LogP contribution in [0.2, 0.25) is 10.0 Å². The molecule has 2 aromatic carbocycles. The summed E-state index contributed by atoms with van der Waals surface area (Å²) in [5.41, 5.74) is 1.98. The summed E-state index contributed by atoms with van der Waals surface area (Å²) in [6.07, 6.45) is 3.45. The monoisotopic (exact) mass is 453 g/mol. The molecule has 0 amide bonds. The van der Waals surface area contributed by atoms with Gasteiger partial charge in [0.15, 0.2) is 12.2 Å². The van der Waals surface area contributed by atoms with Crippen LogP contribution in [0.5, 0.6) is 0 Å². The third kappa shape index (κ3) is 5.30. The second-order valence-corrected chi connectivity index (χ2v) is 9.20. The molecule has 9 heteroatoms. The topological polar surface area (TPSA) is 75.4 Å². The molecule has 0 bridgehead atoms. The van der Waals surface area contributed by atoms with Gasteiger partial charge in [0.2, 0.25) is 10.0 Å². The molecule has 0 aliphatic carbocycles. The molecule has 0 radical (unpaired) electrons. The van der Waals surface area contributed by atoms with Gasteiger partial charge < -0.3 is 9.73 Å². The van der Waals surface area contributed by atoms with E-state index in [2.05, 4.69) is 10.3 Å². The highest BCUT2D eigenvalue weighted by atomic mass is 35.5. The van der Waals surface area contributed by atoms with Crippen molar-refractivity contribution in [3.05, 3.63) is 70.7 Å². The fourth-order valence-electron chi connectivity index (χ4n) is 2.87. The Labute approximate surface area is 180 Å². The van der Waals surface area contributed by atoms with Gasteiger partial charge in [-0.2, -0.15) is 0 Å². The van der Waals surface area contributed by atoms with Crippen molar-refractivity contribution in [1.82, 2.24) is 10.3 Å². The quantitative estimate of drug-likeness (QED) is 0.479. The molecule has 154 valence electrons. The molecule has 0 spiro atoms. The maximum absolute atomic E-state index is 13.1. The fourth-order valence-corrected chi connectivity index (χ4v) is 4.76. The smallest absolute Gasteiger partial charge is 0.235 e. The van der Waals surface area contributed by atoms with E-state index in [1.54, 1.807) is 55.7 Å². The first-order chi connectivity index (χ1) is 13.9. The number of hydrogen-bond acceptors (Lipinski definition) is 5. The van der Waals surface area contributed by atoms with Crippen molar-refractivity contribution >= 4 is 38.9 Å². The van der Waals surface area contributed by atoms with Crippen molar-refractivity contribution in [2.75, 3.05) is 23.7 Å². The predicted octanol–water partition coefficient (Wildman–Crippen LogP) is 4.59. The molecule has 1 N–H and O–H groups in total. The highest BCUT2D eigenvalue weighted by Crippen LogP contribution is 2.30. The van der Waals surface area contributed by atoms with Gasteiger partial charge in [0.1, 0.15) is 0 Å². The third-order valence-corrected chi connectivity index (χ3v) is 7.06. The summed E-state index contributed by atoms with van der Waals surface area (Å²) in [6.45, 7) is 0.693. The summed E-state index contributed by atoms with van der Waals surface area (Å²) in [4.78, 5) is 3.90. The number of hydrogen-bond donors (Lipinski definition) is 1. The first-order valence-corrected chi connectivity index (χ1v) is 11.4. The number of nitrogens with zero attached hydrogens (tertiary/aromatic N) is 2. The average molecular weight is 454 g/mol. The van der Waals surface area contributed by atoms with Gasteiger partial charge in [-0.05, 0) is 55.9 Å². The summed E-state index contributed by atoms with van der Waals surface area (Å²) >= 11 is 12.4. The first kappa shape index (κ1) is 21.6. The van der Waals surface area contributed by atoms with Gasteiger partial charge in [-0.1, -0.05) is 35.3 Å². The lowest BCUT2D eigenvalue weighted by Crippen LogP contribution is -2.33. The van der Waals surface area contributed by atoms with Crippen molar-refractivity contribution in [2.45, 2.75) is 13.0 Å². The van der Waals surface area contributed by atoms with E-state index >= 15 is 0 Å². The standard InChI is InChI=1S/C20H21Cl2N3O3S/c1-23-10-3-11-29(26,27)25(13-16-4-2-5-18(21)20(16)22)17-8-6-15(7-9-17)19-12-24-14-28-19/h2,4-9,12,14,23H,3,10-11,13H2,1H3. The van der Waals surface area contributed by atoms with Crippen LogP contribution >= 0.6 is 23.2 Å². The largest absolute Gasteiger partial charge is 0.444 e. The molecular formula is C20H21Cl2N3O3S. The number of nitrogens with one attached hydrogen (secondary N) is 1. The van der Waals surface area contributed by atoms with Gasteiger partial charge in [0, 0.05) is 5.56 Å². The maximum atomic E-state index is 13.1. The lowest BCUT2D eigenvalue weighted by molar-refractivity contribution is 0.572. The molecular weight excluding hydrogens is 433 g/mol. The van der Waals surface area contributed by atoms with Crippen LogP contribution in [-0.4, -0.2) is 32.7 Å². The van der Waals surface area contributed by atoms with Crippen LogP contribution in [0.15, 0.2) is 59.5 Å². The van der Waals surface area contributed by atoms with Crippen LogP contribution in [0.3, 0.4) is 0 Å². The highest BCUT2D eigenvalue weighted by molar-refractivity contribution is 7.92.